The van der Waals surface area contributed by atoms with Crippen LogP contribution in [0.2, 0.25) is 0 Å². The molecule has 0 saturated heterocycles. The average Bonchev–Trinajstić information content (AvgIpc) is 2.76. The first kappa shape index (κ1) is 22.5. The first-order chi connectivity index (χ1) is 14.9. The Kier molecular flexibility index (Phi) is 7.42. The molecule has 31 heavy (non-hydrogen) atoms. The Hall–Kier alpha value is -3.18. The third-order valence-electron chi connectivity index (χ3n) is 5.52. The zero-order valence-electron chi connectivity index (χ0n) is 18.6. The highest BCUT2D eigenvalue weighted by molar-refractivity contribution is 5.99. The molecule has 0 aliphatic heterocycles. The van der Waals surface area contributed by atoms with Gasteiger partial charge in [0.05, 0.1) is 6.54 Å². The summed E-state index contributed by atoms with van der Waals surface area (Å²) in [5.74, 6) is 0.128. The van der Waals surface area contributed by atoms with E-state index in [2.05, 4.69) is 37.3 Å². The molecule has 0 saturated carbocycles. The number of carbonyl (C=O) groups is 2. The number of anilines is 1. The standard InChI is InChI=1S/C26H31N3O2/c1-19-5-7-21(8-6-19)17-29(14-4-13-27)26(31)18-28(3)25-12-11-23-15-22(20(2)30)9-10-24(23)16-25/h5-12,15-16H,4,13-14,17-18,27H2,1-3H3. The van der Waals surface area contributed by atoms with Crippen molar-refractivity contribution in [3.05, 3.63) is 77.4 Å². The molecule has 5 heteroatoms. The lowest BCUT2D eigenvalue weighted by Crippen LogP contribution is -2.39. The largest absolute Gasteiger partial charge is 0.365 e. The highest BCUT2D eigenvalue weighted by Gasteiger charge is 2.16. The molecule has 0 radical (unpaired) electrons. The molecule has 0 aliphatic rings. The number of carbonyl (C=O) groups excluding carboxylic acids is 2. The zero-order chi connectivity index (χ0) is 22.4. The molecule has 3 aromatic rings. The van der Waals surface area contributed by atoms with Crippen LogP contribution in [0.15, 0.2) is 60.7 Å². The Balaban J connectivity index is 1.73. The van der Waals surface area contributed by atoms with E-state index in [-0.39, 0.29) is 18.2 Å². The van der Waals surface area contributed by atoms with Crippen LogP contribution in [0.5, 0.6) is 0 Å². The van der Waals surface area contributed by atoms with Gasteiger partial charge in [-0.25, -0.2) is 0 Å². The van der Waals surface area contributed by atoms with E-state index in [9.17, 15) is 9.59 Å². The second-order valence-corrected chi connectivity index (χ2v) is 8.10. The van der Waals surface area contributed by atoms with Crippen LogP contribution in [0, 0.1) is 6.92 Å². The van der Waals surface area contributed by atoms with Gasteiger partial charge in [0.1, 0.15) is 0 Å². The number of likely N-dealkylation sites (N-methyl/N-ethyl adjacent to an activating group) is 1. The van der Waals surface area contributed by atoms with Crippen LogP contribution in [0.4, 0.5) is 5.69 Å². The fourth-order valence-electron chi connectivity index (χ4n) is 3.57. The van der Waals surface area contributed by atoms with Crippen molar-refractivity contribution in [2.45, 2.75) is 26.8 Å². The van der Waals surface area contributed by atoms with Crippen LogP contribution in [-0.4, -0.2) is 43.3 Å². The SMILES string of the molecule is CC(=O)c1ccc2cc(N(C)CC(=O)N(CCCN)Cc3ccc(C)cc3)ccc2c1. The Morgan fingerprint density at radius 2 is 1.61 bits per heavy atom. The molecule has 0 atom stereocenters. The van der Waals surface area contributed by atoms with Crippen molar-refractivity contribution in [2.24, 2.45) is 5.73 Å². The minimum absolute atomic E-state index is 0.0554. The first-order valence-electron chi connectivity index (χ1n) is 10.7. The van der Waals surface area contributed by atoms with Crippen molar-refractivity contribution in [3.8, 4) is 0 Å². The summed E-state index contributed by atoms with van der Waals surface area (Å²) in [7, 11) is 1.93. The third kappa shape index (κ3) is 5.92. The van der Waals surface area contributed by atoms with E-state index in [0.29, 0.717) is 25.2 Å². The van der Waals surface area contributed by atoms with Crippen LogP contribution in [0.25, 0.3) is 10.8 Å². The van der Waals surface area contributed by atoms with Gasteiger partial charge in [-0.05, 0) is 61.3 Å². The van der Waals surface area contributed by atoms with Gasteiger partial charge in [0, 0.05) is 31.4 Å². The molecule has 0 aromatic heterocycles. The minimum Gasteiger partial charge on any atom is -0.365 e. The van der Waals surface area contributed by atoms with E-state index in [4.69, 9.17) is 5.73 Å². The topological polar surface area (TPSA) is 66.6 Å². The van der Waals surface area contributed by atoms with Gasteiger partial charge in [0.2, 0.25) is 5.91 Å². The predicted octanol–water partition coefficient (Wildman–Crippen LogP) is 4.16. The van der Waals surface area contributed by atoms with E-state index in [1.165, 1.54) is 5.56 Å². The predicted molar refractivity (Wildman–Crippen MR) is 127 cm³/mol. The van der Waals surface area contributed by atoms with Gasteiger partial charge >= 0.3 is 0 Å². The fourth-order valence-corrected chi connectivity index (χ4v) is 3.57. The van der Waals surface area contributed by atoms with E-state index in [1.807, 2.05) is 47.2 Å². The molecule has 3 aromatic carbocycles. The summed E-state index contributed by atoms with van der Waals surface area (Å²) in [5, 5.41) is 2.06. The molecule has 0 unspecified atom stereocenters. The lowest BCUT2D eigenvalue weighted by atomic mass is 10.0. The fraction of sp³-hybridized carbons (Fsp3) is 0.308. The summed E-state index contributed by atoms with van der Waals surface area (Å²) >= 11 is 0. The molecule has 2 N–H and O–H groups in total. The molecule has 3 rings (SSSR count). The van der Waals surface area contributed by atoms with Gasteiger partial charge in [0.25, 0.3) is 0 Å². The number of nitrogens with zero attached hydrogens (tertiary/aromatic N) is 2. The number of ketones is 1. The normalized spacial score (nSPS) is 10.8. The lowest BCUT2D eigenvalue weighted by Gasteiger charge is -2.27. The van der Waals surface area contributed by atoms with Gasteiger partial charge in [-0.1, -0.05) is 48.0 Å². The highest BCUT2D eigenvalue weighted by atomic mass is 16.2. The summed E-state index contributed by atoms with van der Waals surface area (Å²) < 4.78 is 0. The molecular formula is C26H31N3O2. The van der Waals surface area contributed by atoms with E-state index in [1.54, 1.807) is 6.92 Å². The lowest BCUT2D eigenvalue weighted by molar-refractivity contribution is -0.130. The van der Waals surface area contributed by atoms with E-state index in [0.717, 1.165) is 28.4 Å². The number of amides is 1. The van der Waals surface area contributed by atoms with Crippen molar-refractivity contribution in [1.29, 1.82) is 0 Å². The Morgan fingerprint density at radius 1 is 0.935 bits per heavy atom. The van der Waals surface area contributed by atoms with E-state index < -0.39 is 0 Å². The summed E-state index contributed by atoms with van der Waals surface area (Å²) in [6.07, 6.45) is 0.774. The zero-order valence-corrected chi connectivity index (χ0v) is 18.6. The smallest absolute Gasteiger partial charge is 0.242 e. The molecule has 162 valence electrons. The Bertz CT molecular complexity index is 1060. The summed E-state index contributed by atoms with van der Waals surface area (Å²) in [6.45, 7) is 5.69. The summed E-state index contributed by atoms with van der Waals surface area (Å²) in [6, 6.07) is 20.0. The number of Topliss-reactive ketones (excluding diaryl/α,β-unsaturated/α-hetero) is 1. The number of rotatable bonds is 9. The highest BCUT2D eigenvalue weighted by Crippen LogP contribution is 2.23. The van der Waals surface area contributed by atoms with Crippen LogP contribution in [-0.2, 0) is 11.3 Å². The van der Waals surface area contributed by atoms with E-state index >= 15 is 0 Å². The first-order valence-corrected chi connectivity index (χ1v) is 10.7. The molecule has 0 fully saturated rings. The number of nitrogens with two attached hydrogens (primary N) is 1. The number of hydrogen-bond donors (Lipinski definition) is 1. The summed E-state index contributed by atoms with van der Waals surface area (Å²) in [4.78, 5) is 28.6. The van der Waals surface area contributed by atoms with Crippen molar-refractivity contribution < 1.29 is 9.59 Å². The maximum atomic E-state index is 13.1. The van der Waals surface area contributed by atoms with Gasteiger partial charge < -0.3 is 15.5 Å². The molecule has 0 aliphatic carbocycles. The molecule has 0 spiro atoms. The van der Waals surface area contributed by atoms with Crippen LogP contribution in [0.3, 0.4) is 0 Å². The maximum absolute atomic E-state index is 13.1. The molecular weight excluding hydrogens is 386 g/mol. The van der Waals surface area contributed by atoms with Gasteiger partial charge in [0.15, 0.2) is 5.78 Å². The Morgan fingerprint density at radius 3 is 2.29 bits per heavy atom. The van der Waals surface area contributed by atoms with Gasteiger partial charge in [-0.3, -0.25) is 9.59 Å². The van der Waals surface area contributed by atoms with Crippen LogP contribution >= 0.6 is 0 Å². The maximum Gasteiger partial charge on any atom is 0.242 e. The van der Waals surface area contributed by atoms with Crippen molar-refractivity contribution >= 4 is 28.2 Å². The van der Waals surface area contributed by atoms with Gasteiger partial charge in [-0.15, -0.1) is 0 Å². The van der Waals surface area contributed by atoms with Crippen LogP contribution in [0.1, 0.15) is 34.8 Å². The number of aryl methyl sites for hydroxylation is 1. The quantitative estimate of drug-likeness (QED) is 0.531. The summed E-state index contributed by atoms with van der Waals surface area (Å²) in [5.41, 5.74) is 9.68. The van der Waals surface area contributed by atoms with Crippen molar-refractivity contribution in [2.75, 3.05) is 31.6 Å². The van der Waals surface area contributed by atoms with Crippen molar-refractivity contribution in [3.63, 3.8) is 0 Å². The third-order valence-corrected chi connectivity index (χ3v) is 5.52. The van der Waals surface area contributed by atoms with Crippen LogP contribution < -0.4 is 10.6 Å². The second kappa shape index (κ2) is 10.2. The number of hydrogen-bond acceptors (Lipinski definition) is 4. The second-order valence-electron chi connectivity index (χ2n) is 8.10. The average molecular weight is 418 g/mol. The monoisotopic (exact) mass is 417 g/mol. The minimum atomic E-state index is 0.0554. The molecule has 0 bridgehead atoms. The Labute approximate surface area is 184 Å². The van der Waals surface area contributed by atoms with Gasteiger partial charge in [-0.2, -0.15) is 0 Å². The molecule has 1 amide bonds. The van der Waals surface area contributed by atoms with Crippen molar-refractivity contribution in [1.82, 2.24) is 4.90 Å². The number of fused-ring (bicyclic) bond motifs is 1. The molecule has 0 heterocycles. The molecule has 5 nitrogen and oxygen atoms in total. The number of benzene rings is 3.